The van der Waals surface area contributed by atoms with E-state index in [0.717, 1.165) is 28.7 Å². The van der Waals surface area contributed by atoms with Crippen molar-refractivity contribution in [3.8, 4) is 22.8 Å². The van der Waals surface area contributed by atoms with E-state index in [1.54, 1.807) is 12.9 Å². The van der Waals surface area contributed by atoms with Crippen molar-refractivity contribution in [2.75, 3.05) is 19.4 Å². The maximum Gasteiger partial charge on any atom is 0.213 e. The normalized spacial score (nSPS) is 14.3. The molecular weight excluding hydrogens is 500 g/mol. The lowest BCUT2D eigenvalue weighted by Crippen LogP contribution is -2.11. The van der Waals surface area contributed by atoms with Crippen molar-refractivity contribution < 1.29 is 23.3 Å². The lowest BCUT2D eigenvalue weighted by Gasteiger charge is -2.22. The highest BCUT2D eigenvalue weighted by atomic mass is 31.2. The Morgan fingerprint density at radius 3 is 2.39 bits per heavy atom. The monoisotopic (exact) mass is 541 g/mol. The van der Waals surface area contributed by atoms with Gasteiger partial charge in [0, 0.05) is 30.7 Å². The Morgan fingerprint density at radius 2 is 1.74 bits per heavy atom. The maximum absolute atomic E-state index is 14.6. The second kappa shape index (κ2) is 13.4. The number of phenolic OH excluding ortho intramolecular Hbond substituents is 1. The largest absolute Gasteiger partial charge is 0.508 e. The van der Waals surface area contributed by atoms with Crippen LogP contribution in [0.1, 0.15) is 63.6 Å². The van der Waals surface area contributed by atoms with Crippen LogP contribution in [0, 0.1) is 11.2 Å². The quantitative estimate of drug-likeness (QED) is 0.261. The van der Waals surface area contributed by atoms with Crippen molar-refractivity contribution in [3.05, 3.63) is 77.2 Å². The van der Waals surface area contributed by atoms with Gasteiger partial charge in [-0.25, -0.2) is 9.37 Å². The highest BCUT2D eigenvalue weighted by Gasteiger charge is 2.18. The number of rotatable bonds is 10. The molecule has 0 spiro atoms. The second-order valence-corrected chi connectivity index (χ2v) is 13.9. The molecule has 1 unspecified atom stereocenters. The topological polar surface area (TPSA) is 68.7 Å². The Labute approximate surface area is 226 Å². The first kappa shape index (κ1) is 29.9. The third-order valence-electron chi connectivity index (χ3n) is 5.88. The molecule has 3 aromatic rings. The number of hydrogen-bond acceptors (Lipinski definition) is 5. The van der Waals surface area contributed by atoms with Crippen LogP contribution in [-0.2, 0) is 28.5 Å². The fraction of sp³-hybridized carbons (Fsp3) is 0.452. The average molecular weight is 542 g/mol. The molecule has 0 amide bonds. The summed E-state index contributed by atoms with van der Waals surface area (Å²) in [6, 6.07) is 13.7. The van der Waals surface area contributed by atoms with Crippen LogP contribution in [0.2, 0.25) is 0 Å². The number of hydrogen-bond donors (Lipinski definition) is 1. The summed E-state index contributed by atoms with van der Waals surface area (Å²) in [7, 11) is -2.60. The minimum atomic E-state index is -2.60. The summed E-state index contributed by atoms with van der Waals surface area (Å²) < 4.78 is 38.3. The Morgan fingerprint density at radius 1 is 1.00 bits per heavy atom. The predicted octanol–water partition coefficient (Wildman–Crippen LogP) is 8.42. The first-order valence-corrected chi connectivity index (χ1v) is 15.6. The van der Waals surface area contributed by atoms with Gasteiger partial charge in [0.15, 0.2) is 0 Å². The zero-order valence-corrected chi connectivity index (χ0v) is 24.2. The van der Waals surface area contributed by atoms with Crippen LogP contribution in [0.5, 0.6) is 11.6 Å². The fourth-order valence-electron chi connectivity index (χ4n) is 3.95. The molecular formula is C31H41FNO4P. The van der Waals surface area contributed by atoms with Crippen molar-refractivity contribution in [2.45, 2.75) is 66.4 Å². The molecule has 7 heteroatoms. The zero-order chi connectivity index (χ0) is 27.8. The van der Waals surface area contributed by atoms with E-state index >= 15 is 0 Å². The molecule has 1 aliphatic carbocycles. The first-order valence-electron chi connectivity index (χ1n) is 13.4. The van der Waals surface area contributed by atoms with Crippen molar-refractivity contribution in [1.29, 1.82) is 0 Å². The summed E-state index contributed by atoms with van der Waals surface area (Å²) in [6.45, 7) is 10.7. The molecule has 0 aliphatic heterocycles. The van der Waals surface area contributed by atoms with E-state index in [9.17, 15) is 14.1 Å². The van der Waals surface area contributed by atoms with Gasteiger partial charge in [-0.3, -0.25) is 4.57 Å². The minimum absolute atomic E-state index is 0.0162. The van der Waals surface area contributed by atoms with Gasteiger partial charge in [-0.2, -0.15) is 0 Å². The van der Waals surface area contributed by atoms with E-state index in [1.807, 2.05) is 37.3 Å². The third-order valence-corrected chi connectivity index (χ3v) is 7.72. The van der Waals surface area contributed by atoms with Gasteiger partial charge in [-0.15, -0.1) is 0 Å². The lowest BCUT2D eigenvalue weighted by atomic mass is 9.84. The molecule has 1 N–H and O–H groups in total. The van der Waals surface area contributed by atoms with Crippen LogP contribution in [0.3, 0.4) is 0 Å². The molecule has 0 bridgehead atoms. The fourth-order valence-corrected chi connectivity index (χ4v) is 5.29. The molecule has 38 heavy (non-hydrogen) atoms. The van der Waals surface area contributed by atoms with E-state index < -0.39 is 7.37 Å². The van der Waals surface area contributed by atoms with Crippen LogP contribution in [0.4, 0.5) is 4.39 Å². The Kier molecular flexibility index (Phi) is 10.5. The second-order valence-electron chi connectivity index (χ2n) is 11.2. The van der Waals surface area contributed by atoms with Crippen LogP contribution in [0.15, 0.2) is 54.7 Å². The number of pyridine rings is 1. The number of benzene rings is 2. The van der Waals surface area contributed by atoms with E-state index in [0.29, 0.717) is 37.2 Å². The molecule has 0 saturated heterocycles. The van der Waals surface area contributed by atoms with Gasteiger partial charge in [0.2, 0.25) is 13.2 Å². The average Bonchev–Trinajstić information content (AvgIpc) is 3.72. The van der Waals surface area contributed by atoms with Crippen LogP contribution >= 0.6 is 7.37 Å². The summed E-state index contributed by atoms with van der Waals surface area (Å²) in [6.07, 6.45) is 8.00. The van der Waals surface area contributed by atoms with Gasteiger partial charge in [-0.05, 0) is 71.7 Å². The van der Waals surface area contributed by atoms with Crippen molar-refractivity contribution in [2.24, 2.45) is 5.41 Å². The SMILES string of the molecule is C1CC1.CCOP(C)(=O)CCc1ccnc(OCc2ccc(-c3cc(O)ccc3F)c(CC(C)(C)C)c2)c1. The summed E-state index contributed by atoms with van der Waals surface area (Å²) in [5, 5.41) is 9.90. The maximum atomic E-state index is 14.6. The molecule has 1 heterocycles. The number of ether oxygens (including phenoxy) is 1. The zero-order valence-electron chi connectivity index (χ0n) is 23.3. The van der Waals surface area contributed by atoms with Crippen LogP contribution in [-0.4, -0.2) is 29.5 Å². The molecule has 1 aromatic heterocycles. The molecule has 0 radical (unpaired) electrons. The minimum Gasteiger partial charge on any atom is -0.508 e. The standard InChI is InChI=1S/C28H35FNO4P.C3H6/c1-6-34-35(5,32)14-12-20-11-13-30-27(16-20)33-19-21-7-9-24(22(15-21)18-28(2,3)4)25-17-23(31)8-10-26(25)29;1-2-3-1/h7-11,13,15-17,31H,6,12,14,18-19H2,1-5H3;1-3H2. The molecule has 1 atom stereocenters. The number of nitrogens with zero attached hydrogens (tertiary/aromatic N) is 1. The van der Waals surface area contributed by atoms with Gasteiger partial charge in [0.1, 0.15) is 18.2 Å². The predicted molar refractivity (Wildman–Crippen MR) is 153 cm³/mol. The third kappa shape index (κ3) is 10.2. The van der Waals surface area contributed by atoms with Gasteiger partial charge < -0.3 is 14.4 Å². The molecule has 1 aliphatic rings. The summed E-state index contributed by atoms with van der Waals surface area (Å²) in [5.41, 5.74) is 4.04. The van der Waals surface area contributed by atoms with E-state index in [-0.39, 0.29) is 17.0 Å². The molecule has 5 nitrogen and oxygen atoms in total. The smallest absolute Gasteiger partial charge is 0.213 e. The van der Waals surface area contributed by atoms with Gasteiger partial charge in [0.25, 0.3) is 0 Å². The Bertz CT molecular complexity index is 1250. The molecule has 4 rings (SSSR count). The molecule has 2 aromatic carbocycles. The van der Waals surface area contributed by atoms with E-state index in [4.69, 9.17) is 9.26 Å². The van der Waals surface area contributed by atoms with E-state index in [2.05, 4.69) is 25.8 Å². The number of halogens is 1. The first-order chi connectivity index (χ1) is 18.0. The Hall–Kier alpha value is -2.69. The lowest BCUT2D eigenvalue weighted by molar-refractivity contribution is 0.293. The Balaban J connectivity index is 0.00000124. The number of phenols is 1. The van der Waals surface area contributed by atoms with E-state index in [1.165, 1.54) is 37.5 Å². The molecule has 1 saturated carbocycles. The van der Waals surface area contributed by atoms with Crippen molar-refractivity contribution >= 4 is 7.37 Å². The summed E-state index contributed by atoms with van der Waals surface area (Å²) in [5.74, 6) is 0.149. The number of aryl methyl sites for hydroxylation is 1. The van der Waals surface area contributed by atoms with Crippen LogP contribution < -0.4 is 4.74 Å². The van der Waals surface area contributed by atoms with Gasteiger partial charge in [-0.1, -0.05) is 58.2 Å². The van der Waals surface area contributed by atoms with Gasteiger partial charge in [0.05, 0.1) is 6.61 Å². The highest BCUT2D eigenvalue weighted by Crippen LogP contribution is 2.42. The summed E-state index contributed by atoms with van der Waals surface area (Å²) >= 11 is 0. The van der Waals surface area contributed by atoms with Crippen molar-refractivity contribution in [1.82, 2.24) is 4.98 Å². The van der Waals surface area contributed by atoms with Crippen molar-refractivity contribution in [3.63, 3.8) is 0 Å². The summed E-state index contributed by atoms with van der Waals surface area (Å²) in [4.78, 5) is 4.30. The number of aromatic hydroxyl groups is 1. The number of aromatic nitrogens is 1. The molecule has 206 valence electrons. The van der Waals surface area contributed by atoms with Gasteiger partial charge >= 0.3 is 0 Å². The molecule has 1 fully saturated rings. The van der Waals surface area contributed by atoms with Crippen LogP contribution in [0.25, 0.3) is 11.1 Å². The highest BCUT2D eigenvalue weighted by molar-refractivity contribution is 7.58.